The molecule has 0 amide bonds. The third-order valence-corrected chi connectivity index (χ3v) is 19.3. The van der Waals surface area contributed by atoms with E-state index in [9.17, 15) is 14.4 Å². The number of nitrogens with zero attached hydrogens (tertiary/aromatic N) is 3. The summed E-state index contributed by atoms with van der Waals surface area (Å²) in [6, 6.07) is 51.9. The molecule has 552 valence electrons. The number of hydrogen-bond acceptors (Lipinski definition) is 12. The normalized spacial score (nSPS) is 11.4. The highest BCUT2D eigenvalue weighted by molar-refractivity contribution is 6.40. The van der Waals surface area contributed by atoms with Crippen molar-refractivity contribution in [3.8, 4) is 51.0 Å². The maximum absolute atomic E-state index is 11.2. The first-order valence-electron chi connectivity index (χ1n) is 33.3. The zero-order valence-electron chi connectivity index (χ0n) is 58.4. The average Bonchev–Trinajstić information content (AvgIpc) is 1.60. The predicted molar refractivity (Wildman–Crippen MR) is 432 cm³/mol. The number of aromatic carboxylic acids is 3. The Labute approximate surface area is 667 Å². The van der Waals surface area contributed by atoms with Crippen molar-refractivity contribution >= 4 is 159 Å². The summed E-state index contributed by atoms with van der Waals surface area (Å²) in [5.41, 5.74) is 10.9. The second-order valence-electron chi connectivity index (χ2n) is 25.1. The molecular weight excluding hydrogens is 1560 g/mol. The van der Waals surface area contributed by atoms with Crippen LogP contribution in [0.15, 0.2) is 196 Å². The number of rotatable bonds is 24. The Balaban J connectivity index is 0.000000173. The molecule has 0 radical (unpaired) electrons. The quantitative estimate of drug-likeness (QED) is 0.0479. The molecule has 108 heavy (non-hydrogen) atoms. The van der Waals surface area contributed by atoms with Gasteiger partial charge in [-0.15, -0.1) is 0 Å². The standard InChI is InChI=1S/3C28H22Cl3NO4/c3*1-16(2)27-21(26(32-36-27)25-22(29)7-4-8-23(25)30)15-35-20-12-11-18(24(31)14-20)10-9-17-5-3-6-19(13-17)28(33)34/h3*3-14,16H,15H2,1-2H3,(H,33,34)/b3*10-9+. The van der Waals surface area contributed by atoms with Crippen LogP contribution in [-0.4, -0.2) is 48.7 Å². The van der Waals surface area contributed by atoms with E-state index in [2.05, 4.69) is 15.5 Å². The molecule has 3 heterocycles. The number of halogens is 9. The maximum Gasteiger partial charge on any atom is 0.335 e. The van der Waals surface area contributed by atoms with E-state index in [1.807, 2.05) is 114 Å². The van der Waals surface area contributed by atoms with Crippen LogP contribution in [0.5, 0.6) is 17.2 Å². The molecule has 0 atom stereocenters. The van der Waals surface area contributed by atoms with E-state index in [0.29, 0.717) is 114 Å². The number of aromatic nitrogens is 3. The number of benzene rings is 9. The van der Waals surface area contributed by atoms with Crippen LogP contribution in [0.3, 0.4) is 0 Å². The lowest BCUT2D eigenvalue weighted by Crippen LogP contribution is -2.01. The summed E-state index contributed by atoms with van der Waals surface area (Å²) < 4.78 is 35.1. The van der Waals surface area contributed by atoms with Crippen LogP contribution >= 0.6 is 104 Å². The summed E-state index contributed by atoms with van der Waals surface area (Å²) in [5.74, 6) is 1.06. The average molecular weight is 1630 g/mol. The molecule has 0 aliphatic rings. The lowest BCUT2D eigenvalue weighted by molar-refractivity contribution is 0.0686. The van der Waals surface area contributed by atoms with Gasteiger partial charge < -0.3 is 43.1 Å². The van der Waals surface area contributed by atoms with Gasteiger partial charge in [-0.2, -0.15) is 0 Å². The van der Waals surface area contributed by atoms with Crippen molar-refractivity contribution in [3.05, 3.63) is 311 Å². The van der Waals surface area contributed by atoms with Gasteiger partial charge in [0.25, 0.3) is 0 Å². The van der Waals surface area contributed by atoms with E-state index in [1.54, 1.807) is 146 Å². The van der Waals surface area contributed by atoms with Crippen molar-refractivity contribution in [3.63, 3.8) is 0 Å². The lowest BCUT2D eigenvalue weighted by Gasteiger charge is -2.11. The molecule has 12 rings (SSSR count). The molecule has 0 fully saturated rings. The minimum Gasteiger partial charge on any atom is -0.489 e. The van der Waals surface area contributed by atoms with Gasteiger partial charge in [0, 0.05) is 34.4 Å². The molecular formula is C84H66Cl9N3O12. The van der Waals surface area contributed by atoms with E-state index in [1.165, 1.54) is 0 Å². The minimum atomic E-state index is -0.974. The van der Waals surface area contributed by atoms with Gasteiger partial charge in [0.2, 0.25) is 0 Å². The fraction of sp³-hybridized carbons (Fsp3) is 0.143. The summed E-state index contributed by atoms with van der Waals surface area (Å²) in [4.78, 5) is 33.5. The van der Waals surface area contributed by atoms with Crippen LogP contribution in [0.4, 0.5) is 0 Å². The van der Waals surface area contributed by atoms with E-state index in [0.717, 1.165) is 50.1 Å². The highest BCUT2D eigenvalue weighted by Crippen LogP contribution is 2.43. The summed E-state index contributed by atoms with van der Waals surface area (Å²) in [6.45, 7) is 12.6. The van der Waals surface area contributed by atoms with Crippen molar-refractivity contribution in [2.75, 3.05) is 0 Å². The van der Waals surface area contributed by atoms with Crippen LogP contribution in [0, 0.1) is 0 Å². The highest BCUT2D eigenvalue weighted by atomic mass is 35.5. The van der Waals surface area contributed by atoms with Gasteiger partial charge >= 0.3 is 17.9 Å². The summed E-state index contributed by atoms with van der Waals surface area (Å²) >= 11 is 58.0. The van der Waals surface area contributed by atoms with Crippen LogP contribution < -0.4 is 14.2 Å². The van der Waals surface area contributed by atoms with Gasteiger partial charge in [0.1, 0.15) is 71.4 Å². The van der Waals surface area contributed by atoms with Crippen LogP contribution in [0.2, 0.25) is 45.2 Å². The van der Waals surface area contributed by atoms with Gasteiger partial charge in [0.15, 0.2) is 0 Å². The molecule has 0 saturated carbocycles. The van der Waals surface area contributed by atoms with Gasteiger partial charge in [-0.1, -0.05) is 252 Å². The zero-order chi connectivity index (χ0) is 77.5. The van der Waals surface area contributed by atoms with Crippen molar-refractivity contribution in [2.45, 2.75) is 79.1 Å². The number of carbonyl (C=O) groups is 3. The number of ether oxygens (including phenoxy) is 3. The number of hydrogen-bond donors (Lipinski definition) is 3. The fourth-order valence-electron chi connectivity index (χ4n) is 11.1. The van der Waals surface area contributed by atoms with Crippen molar-refractivity contribution in [1.29, 1.82) is 0 Å². The van der Waals surface area contributed by atoms with Gasteiger partial charge in [0.05, 0.1) is 78.6 Å². The summed E-state index contributed by atoms with van der Waals surface area (Å²) in [7, 11) is 0. The summed E-state index contributed by atoms with van der Waals surface area (Å²) in [5, 5.41) is 44.5. The van der Waals surface area contributed by atoms with Crippen LogP contribution in [0.1, 0.15) is 158 Å². The second-order valence-corrected chi connectivity index (χ2v) is 28.7. The molecule has 0 spiro atoms. The molecule has 3 aromatic heterocycles. The van der Waals surface area contributed by atoms with Gasteiger partial charge in [-0.3, -0.25) is 0 Å². The summed E-state index contributed by atoms with van der Waals surface area (Å²) in [6.07, 6.45) is 10.9. The van der Waals surface area contributed by atoms with Crippen molar-refractivity contribution in [2.24, 2.45) is 0 Å². The topological polar surface area (TPSA) is 218 Å². The maximum atomic E-state index is 11.2. The highest BCUT2D eigenvalue weighted by Gasteiger charge is 2.28. The number of carboxylic acid groups (broad SMARTS) is 3. The van der Waals surface area contributed by atoms with Crippen molar-refractivity contribution < 1.29 is 57.5 Å². The Morgan fingerprint density at radius 3 is 0.796 bits per heavy atom. The molecule has 9 aromatic carbocycles. The Bertz CT molecular complexity index is 4790. The Hall–Kier alpha value is -9.75. The predicted octanol–water partition coefficient (Wildman–Crippen LogP) is 26.6. The number of carboxylic acids is 3. The third kappa shape index (κ3) is 20.5. The molecule has 24 heteroatoms. The molecule has 0 saturated heterocycles. The smallest absolute Gasteiger partial charge is 0.335 e. The Morgan fingerprint density at radius 2 is 0.574 bits per heavy atom. The van der Waals surface area contributed by atoms with Gasteiger partial charge in [-0.05, 0) is 161 Å². The molecule has 3 N–H and O–H groups in total. The largest absolute Gasteiger partial charge is 0.489 e. The van der Waals surface area contributed by atoms with Crippen LogP contribution in [0.25, 0.3) is 70.2 Å². The molecule has 0 unspecified atom stereocenters. The Kier molecular flexibility index (Phi) is 28.0. The molecule has 12 aromatic rings. The van der Waals surface area contributed by atoms with Crippen LogP contribution in [-0.2, 0) is 19.8 Å². The molecule has 0 aliphatic carbocycles. The minimum absolute atomic E-state index is 0.0712. The van der Waals surface area contributed by atoms with E-state index in [4.69, 9.17) is 148 Å². The van der Waals surface area contributed by atoms with Crippen molar-refractivity contribution in [1.82, 2.24) is 15.5 Å². The fourth-order valence-corrected chi connectivity index (χ4v) is 13.5. The van der Waals surface area contributed by atoms with E-state index in [-0.39, 0.29) is 54.3 Å². The zero-order valence-corrected chi connectivity index (χ0v) is 65.2. The Morgan fingerprint density at radius 1 is 0.333 bits per heavy atom. The second kappa shape index (κ2) is 37.4. The molecule has 0 aliphatic heterocycles. The first-order chi connectivity index (χ1) is 51.7. The van der Waals surface area contributed by atoms with E-state index >= 15 is 0 Å². The first-order valence-corrected chi connectivity index (χ1v) is 36.7. The third-order valence-electron chi connectivity index (χ3n) is 16.5. The lowest BCUT2D eigenvalue weighted by atomic mass is 10.0. The van der Waals surface area contributed by atoms with Gasteiger partial charge in [-0.25, -0.2) is 14.4 Å². The first kappa shape index (κ1) is 80.8. The monoisotopic (exact) mass is 1620 g/mol. The molecule has 15 nitrogen and oxygen atoms in total. The van der Waals surface area contributed by atoms with E-state index < -0.39 is 17.9 Å². The molecule has 0 bridgehead atoms. The SMILES string of the molecule is CC(C)c1onc(-c2c(Cl)cccc2Cl)c1COc1ccc(/C=C/c2cccc(C(=O)O)c2)c(Cl)c1.CC(C)c1onc(-c2c(Cl)cccc2Cl)c1COc1ccc(/C=C/c2cccc(C(=O)O)c2)c(Cl)c1.CC(C)c1onc(-c2c(Cl)cccc2Cl)c1COc1ccc(/C=C/c2cccc(C(=O)O)c2)c(Cl)c1.